The van der Waals surface area contributed by atoms with Crippen LogP contribution in [0.5, 0.6) is 5.75 Å². The van der Waals surface area contributed by atoms with E-state index in [4.69, 9.17) is 14.2 Å². The minimum atomic E-state index is -0.184. The van der Waals surface area contributed by atoms with E-state index in [1.54, 1.807) is 37.7 Å². The zero-order valence-corrected chi connectivity index (χ0v) is 22.7. The van der Waals surface area contributed by atoms with Crippen LogP contribution in [0, 0.1) is 6.92 Å². The quantitative estimate of drug-likeness (QED) is 0.186. The normalized spacial score (nSPS) is 16.6. The number of aliphatic hydroxyl groups is 1. The highest BCUT2D eigenvalue weighted by Gasteiger charge is 2.29. The highest BCUT2D eigenvalue weighted by Crippen LogP contribution is 2.33. The second-order valence-electron chi connectivity index (χ2n) is 9.76. The Kier molecular flexibility index (Phi) is 7.93. The van der Waals surface area contributed by atoms with E-state index in [9.17, 15) is 9.90 Å². The number of Topliss-reactive ketones (excluding diaryl/α,β-unsaturated/α-hetero) is 1. The zero-order chi connectivity index (χ0) is 28.2. The lowest BCUT2D eigenvalue weighted by atomic mass is 9.97. The van der Waals surface area contributed by atoms with E-state index in [0.29, 0.717) is 35.7 Å². The molecule has 0 saturated carbocycles. The Balaban J connectivity index is 1.26. The van der Waals surface area contributed by atoms with Crippen molar-refractivity contribution in [2.75, 3.05) is 13.7 Å². The molecule has 1 saturated heterocycles. The van der Waals surface area contributed by atoms with Crippen molar-refractivity contribution in [3.63, 3.8) is 0 Å². The number of aryl methyl sites for hydroxylation is 2. The summed E-state index contributed by atoms with van der Waals surface area (Å²) in [5.74, 6) is 0.905. The van der Waals surface area contributed by atoms with Crippen LogP contribution < -0.4 is 4.74 Å². The molecule has 0 radical (unpaired) electrons. The molecule has 9 nitrogen and oxygen atoms in total. The van der Waals surface area contributed by atoms with Gasteiger partial charge < -0.3 is 19.3 Å². The number of nitrogens with zero attached hydrogens (tertiary/aromatic N) is 4. The summed E-state index contributed by atoms with van der Waals surface area (Å²) in [6, 6.07) is 12.7. The van der Waals surface area contributed by atoms with Crippen LogP contribution in [0.25, 0.3) is 22.7 Å². The first-order chi connectivity index (χ1) is 19.4. The van der Waals surface area contributed by atoms with Gasteiger partial charge in [0.05, 0.1) is 30.8 Å². The predicted molar refractivity (Wildman–Crippen MR) is 152 cm³/mol. The summed E-state index contributed by atoms with van der Waals surface area (Å²) in [5, 5.41) is 9.85. The second kappa shape index (κ2) is 11.7. The van der Waals surface area contributed by atoms with E-state index in [2.05, 4.69) is 28.1 Å². The second-order valence-corrected chi connectivity index (χ2v) is 9.76. The van der Waals surface area contributed by atoms with E-state index >= 15 is 0 Å². The van der Waals surface area contributed by atoms with E-state index in [0.717, 1.165) is 40.8 Å². The average Bonchev–Trinajstić information content (AvgIpc) is 3.62. The first-order valence-electron chi connectivity index (χ1n) is 13.1. The van der Waals surface area contributed by atoms with Crippen molar-refractivity contribution in [3.05, 3.63) is 96.2 Å². The third kappa shape index (κ3) is 5.60. The van der Waals surface area contributed by atoms with Gasteiger partial charge in [0.2, 0.25) is 0 Å². The molecule has 206 valence electrons. The number of carbonyl (C=O) groups is 1. The molecule has 0 spiro atoms. The molecule has 2 aromatic heterocycles. The van der Waals surface area contributed by atoms with Crippen molar-refractivity contribution in [1.82, 2.24) is 19.5 Å². The topological polar surface area (TPSA) is 109 Å². The molecule has 0 bridgehead atoms. The Morgan fingerprint density at radius 2 is 1.90 bits per heavy atom. The van der Waals surface area contributed by atoms with Crippen molar-refractivity contribution >= 4 is 28.5 Å². The number of methoxy groups -OCH3 is 1. The summed E-state index contributed by atoms with van der Waals surface area (Å²) in [6.45, 7) is 9.82. The molecule has 2 aromatic carbocycles. The summed E-state index contributed by atoms with van der Waals surface area (Å²) >= 11 is 0. The molecule has 2 unspecified atom stereocenters. The van der Waals surface area contributed by atoms with Gasteiger partial charge >= 0.3 is 0 Å². The highest BCUT2D eigenvalue weighted by molar-refractivity contribution is 6.00. The van der Waals surface area contributed by atoms with Gasteiger partial charge in [-0.15, -0.1) is 0 Å². The third-order valence-electron chi connectivity index (χ3n) is 7.13. The van der Waals surface area contributed by atoms with Gasteiger partial charge in [0.15, 0.2) is 11.4 Å². The maximum absolute atomic E-state index is 12.9. The molecular weight excluding hydrogens is 508 g/mol. The average molecular weight is 541 g/mol. The van der Waals surface area contributed by atoms with E-state index < -0.39 is 0 Å². The molecule has 5 rings (SSSR count). The number of aromatic nitrogens is 4. The SMILES string of the molecule is C=C(OC)c1ccc(CCC(=O)c2ccccc2C(=C)O)cc1OCC1CCC(n2cnc3c(C)ncnc32)O1. The van der Waals surface area contributed by atoms with E-state index in [1.807, 2.05) is 29.7 Å². The monoisotopic (exact) mass is 540 g/mol. The van der Waals surface area contributed by atoms with Gasteiger partial charge in [0, 0.05) is 17.5 Å². The molecule has 0 amide bonds. The van der Waals surface area contributed by atoms with Crippen molar-refractivity contribution < 1.29 is 24.1 Å². The van der Waals surface area contributed by atoms with Crippen LogP contribution >= 0.6 is 0 Å². The molecule has 1 aliphatic rings. The molecule has 1 N–H and O–H groups in total. The van der Waals surface area contributed by atoms with Gasteiger partial charge in [0.1, 0.15) is 41.9 Å². The van der Waals surface area contributed by atoms with Crippen molar-refractivity contribution in [1.29, 1.82) is 0 Å². The number of carbonyl (C=O) groups excluding carboxylic acids is 1. The smallest absolute Gasteiger partial charge is 0.165 e. The zero-order valence-electron chi connectivity index (χ0n) is 22.7. The van der Waals surface area contributed by atoms with Gasteiger partial charge in [-0.2, -0.15) is 0 Å². The Morgan fingerprint density at radius 3 is 2.67 bits per heavy atom. The van der Waals surface area contributed by atoms with Gasteiger partial charge in [0.25, 0.3) is 0 Å². The number of rotatable bonds is 11. The van der Waals surface area contributed by atoms with Gasteiger partial charge in [-0.1, -0.05) is 43.5 Å². The fourth-order valence-electron chi connectivity index (χ4n) is 4.93. The molecule has 0 aliphatic carbocycles. The number of hydrogen-bond acceptors (Lipinski definition) is 8. The molecule has 4 aromatic rings. The number of imidazole rings is 1. The van der Waals surface area contributed by atoms with E-state index in [1.165, 1.54) is 6.33 Å². The lowest BCUT2D eigenvalue weighted by Crippen LogP contribution is -2.19. The van der Waals surface area contributed by atoms with Crippen LogP contribution in [0.2, 0.25) is 0 Å². The fourth-order valence-corrected chi connectivity index (χ4v) is 4.93. The summed E-state index contributed by atoms with van der Waals surface area (Å²) in [5.41, 5.74) is 4.93. The summed E-state index contributed by atoms with van der Waals surface area (Å²) in [7, 11) is 1.57. The molecule has 9 heteroatoms. The number of hydrogen-bond donors (Lipinski definition) is 1. The van der Waals surface area contributed by atoms with Crippen molar-refractivity contribution in [3.8, 4) is 5.75 Å². The summed E-state index contributed by atoms with van der Waals surface area (Å²) < 4.78 is 19.9. The Hall–Kier alpha value is -4.50. The molecule has 3 heterocycles. The predicted octanol–water partition coefficient (Wildman–Crippen LogP) is 5.85. The van der Waals surface area contributed by atoms with Gasteiger partial charge in [-0.3, -0.25) is 9.36 Å². The number of ketones is 1. The van der Waals surface area contributed by atoms with Crippen LogP contribution in [0.1, 0.15) is 58.2 Å². The molecule has 1 fully saturated rings. The highest BCUT2D eigenvalue weighted by atomic mass is 16.6. The maximum atomic E-state index is 12.9. The van der Waals surface area contributed by atoms with E-state index in [-0.39, 0.29) is 30.3 Å². The maximum Gasteiger partial charge on any atom is 0.165 e. The minimum Gasteiger partial charge on any atom is -0.508 e. The number of aliphatic hydroxyl groups excluding tert-OH is 1. The molecule has 1 aliphatic heterocycles. The fraction of sp³-hybridized carbons (Fsp3) is 0.290. The number of benzene rings is 2. The van der Waals surface area contributed by atoms with Gasteiger partial charge in [-0.25, -0.2) is 15.0 Å². The Bertz CT molecular complexity index is 1580. The van der Waals surface area contributed by atoms with Gasteiger partial charge in [-0.05, 0) is 43.9 Å². The first-order valence-corrected chi connectivity index (χ1v) is 13.1. The number of ether oxygens (including phenoxy) is 3. The largest absolute Gasteiger partial charge is 0.508 e. The first kappa shape index (κ1) is 27.1. The van der Waals surface area contributed by atoms with Crippen molar-refractivity contribution in [2.24, 2.45) is 0 Å². The summed E-state index contributed by atoms with van der Waals surface area (Å²) in [6.07, 6.45) is 5.38. The standard InChI is InChI=1S/C31H32N4O5/c1-19-30-31(33-17-32-19)35(18-34-30)29-14-11-23(40-29)16-39-28-15-22(9-12-25(28)21(3)38-4)10-13-27(37)26-8-6-5-7-24(26)20(2)36/h5-9,12,15,17-18,23,29,36H,2-3,10-11,13-14,16H2,1,4H3. The molecular formula is C31H32N4O5. The lowest BCUT2D eigenvalue weighted by molar-refractivity contribution is -0.0159. The number of fused-ring (bicyclic) bond motifs is 1. The molecule has 2 atom stereocenters. The lowest BCUT2D eigenvalue weighted by Gasteiger charge is -2.18. The van der Waals surface area contributed by atoms with Crippen molar-refractivity contribution in [2.45, 2.75) is 44.9 Å². The van der Waals surface area contributed by atoms with Crippen LogP contribution in [0.3, 0.4) is 0 Å². The minimum absolute atomic E-state index is 0.0727. The third-order valence-corrected chi connectivity index (χ3v) is 7.13. The van der Waals surface area contributed by atoms with Crippen LogP contribution in [0.15, 0.2) is 68.3 Å². The van der Waals surface area contributed by atoms with Crippen LogP contribution in [-0.4, -0.2) is 50.2 Å². The summed E-state index contributed by atoms with van der Waals surface area (Å²) in [4.78, 5) is 26.0. The Labute approximate surface area is 232 Å². The van der Waals surface area contributed by atoms with Crippen LogP contribution in [-0.2, 0) is 15.9 Å². The van der Waals surface area contributed by atoms with Crippen LogP contribution in [0.4, 0.5) is 0 Å². The Morgan fingerprint density at radius 1 is 1.10 bits per heavy atom. The molecule has 40 heavy (non-hydrogen) atoms.